The average molecular weight is 562 g/mol. The maximum absolute atomic E-state index is 14.2. The van der Waals surface area contributed by atoms with Crippen LogP contribution in [0.5, 0.6) is 0 Å². The number of carbonyl (C=O) groups excluding carboxylic acids is 1. The standard InChI is InChI=1S/C26H29Cl2F4N3O2/c1-16(36)25(34-7-9-37-10-8-34)35-14-19(18-4-6-21(27)22(28)12-18)24(15-35)33(2)13-17-3-5-20(23(29)11-17)26(30,31)32/h3-6,11-12,19,24-25H,7-10,13-15H2,1-2H3/t19-,24+,25?/m1/s1. The van der Waals surface area contributed by atoms with Crippen molar-refractivity contribution >= 4 is 29.0 Å². The molecule has 0 aliphatic carbocycles. The van der Waals surface area contributed by atoms with Crippen LogP contribution in [0.25, 0.3) is 0 Å². The normalized spacial score (nSPS) is 22.5. The molecule has 0 spiro atoms. The quantitative estimate of drug-likeness (QED) is 0.429. The van der Waals surface area contributed by atoms with Gasteiger partial charge in [-0.05, 0) is 49.4 Å². The number of rotatable bonds is 7. The zero-order valence-electron chi connectivity index (χ0n) is 20.6. The second-order valence-electron chi connectivity index (χ2n) is 9.66. The Balaban J connectivity index is 1.61. The summed E-state index contributed by atoms with van der Waals surface area (Å²) in [6, 6.07) is 8.34. The van der Waals surface area contributed by atoms with Crippen molar-refractivity contribution in [2.45, 2.75) is 37.8 Å². The molecule has 2 aromatic rings. The van der Waals surface area contributed by atoms with E-state index in [1.54, 1.807) is 13.0 Å². The molecule has 0 saturated carbocycles. The topological polar surface area (TPSA) is 36.0 Å². The van der Waals surface area contributed by atoms with Crippen molar-refractivity contribution in [1.82, 2.24) is 14.7 Å². The molecule has 2 saturated heterocycles. The van der Waals surface area contributed by atoms with Gasteiger partial charge in [-0.3, -0.25) is 19.5 Å². The van der Waals surface area contributed by atoms with Crippen molar-refractivity contribution in [3.8, 4) is 0 Å². The van der Waals surface area contributed by atoms with Crippen LogP contribution in [0, 0.1) is 5.82 Å². The Kier molecular flexibility index (Phi) is 8.82. The molecule has 2 heterocycles. The molecule has 2 aliphatic heterocycles. The Bertz CT molecular complexity index is 1130. The van der Waals surface area contributed by atoms with Crippen LogP contribution in [0.3, 0.4) is 0 Å². The number of nitrogens with zero attached hydrogens (tertiary/aromatic N) is 3. The number of alkyl halides is 3. The first-order valence-corrected chi connectivity index (χ1v) is 12.8. The lowest BCUT2D eigenvalue weighted by molar-refractivity contribution is -0.140. The van der Waals surface area contributed by atoms with E-state index in [0.717, 1.165) is 17.7 Å². The molecule has 0 radical (unpaired) electrons. The second-order valence-corrected chi connectivity index (χ2v) is 10.5. The van der Waals surface area contributed by atoms with E-state index in [9.17, 15) is 22.4 Å². The number of hydrogen-bond donors (Lipinski definition) is 0. The molecule has 37 heavy (non-hydrogen) atoms. The summed E-state index contributed by atoms with van der Waals surface area (Å²) in [6.45, 7) is 5.30. The van der Waals surface area contributed by atoms with Gasteiger partial charge in [-0.1, -0.05) is 35.3 Å². The minimum absolute atomic E-state index is 0.0305. The summed E-state index contributed by atoms with van der Waals surface area (Å²) < 4.78 is 58.7. The van der Waals surface area contributed by atoms with E-state index >= 15 is 0 Å². The van der Waals surface area contributed by atoms with Gasteiger partial charge in [0.1, 0.15) is 12.0 Å². The molecule has 3 atom stereocenters. The van der Waals surface area contributed by atoms with Crippen molar-refractivity contribution in [3.63, 3.8) is 0 Å². The van der Waals surface area contributed by atoms with Crippen LogP contribution in [0.15, 0.2) is 36.4 Å². The van der Waals surface area contributed by atoms with E-state index in [4.69, 9.17) is 27.9 Å². The highest BCUT2D eigenvalue weighted by atomic mass is 35.5. The predicted octanol–water partition coefficient (Wildman–Crippen LogP) is 5.30. The molecular formula is C26H29Cl2F4N3O2. The number of ether oxygens (including phenoxy) is 1. The maximum Gasteiger partial charge on any atom is 0.419 e. The minimum atomic E-state index is -4.75. The van der Waals surface area contributed by atoms with E-state index in [1.807, 2.05) is 24.1 Å². The minimum Gasteiger partial charge on any atom is -0.379 e. The Morgan fingerprint density at radius 3 is 2.38 bits per heavy atom. The number of morpholine rings is 1. The van der Waals surface area contributed by atoms with E-state index in [-0.39, 0.29) is 24.3 Å². The lowest BCUT2D eigenvalue weighted by Crippen LogP contribution is -2.55. The zero-order valence-corrected chi connectivity index (χ0v) is 22.1. The molecule has 5 nitrogen and oxygen atoms in total. The fourth-order valence-corrected chi connectivity index (χ4v) is 5.70. The Morgan fingerprint density at radius 1 is 1.08 bits per heavy atom. The molecule has 2 fully saturated rings. The number of halogens is 6. The highest BCUT2D eigenvalue weighted by molar-refractivity contribution is 6.42. The molecule has 11 heteroatoms. The summed E-state index contributed by atoms with van der Waals surface area (Å²) >= 11 is 12.5. The molecule has 0 amide bonds. The SMILES string of the molecule is CC(=O)C(N1CCOCC1)N1C[C@H](c2ccc(Cl)c(Cl)c2)[C@@H](N(C)Cc2ccc(C(F)(F)F)c(F)c2)C1. The van der Waals surface area contributed by atoms with Gasteiger partial charge in [0, 0.05) is 44.7 Å². The monoisotopic (exact) mass is 561 g/mol. The summed E-state index contributed by atoms with van der Waals surface area (Å²) in [5.74, 6) is -1.33. The fraction of sp³-hybridized carbons (Fsp3) is 0.500. The third-order valence-corrected chi connectivity index (χ3v) is 7.87. The van der Waals surface area contributed by atoms with Gasteiger partial charge >= 0.3 is 6.18 Å². The van der Waals surface area contributed by atoms with Crippen LogP contribution in [0.1, 0.15) is 29.5 Å². The van der Waals surface area contributed by atoms with Crippen LogP contribution in [-0.2, 0) is 22.3 Å². The number of likely N-dealkylation sites (tertiary alicyclic amines) is 1. The lowest BCUT2D eigenvalue weighted by Gasteiger charge is -2.38. The highest BCUT2D eigenvalue weighted by Gasteiger charge is 2.42. The van der Waals surface area contributed by atoms with Crippen molar-refractivity contribution in [1.29, 1.82) is 0 Å². The molecule has 2 aliphatic rings. The van der Waals surface area contributed by atoms with E-state index in [2.05, 4.69) is 9.80 Å². The van der Waals surface area contributed by atoms with Crippen molar-refractivity contribution in [2.24, 2.45) is 0 Å². The summed E-state index contributed by atoms with van der Waals surface area (Å²) in [5.41, 5.74) is 0.0849. The van der Waals surface area contributed by atoms with Crippen LogP contribution >= 0.6 is 23.2 Å². The second kappa shape index (κ2) is 11.6. The van der Waals surface area contributed by atoms with Gasteiger partial charge in [-0.15, -0.1) is 0 Å². The number of Topliss-reactive ketones (excluding diaryl/α,β-unsaturated/α-hetero) is 1. The molecule has 2 aromatic carbocycles. The Hall–Kier alpha value is -1.75. The Labute approximate surface area is 223 Å². The van der Waals surface area contributed by atoms with E-state index in [0.29, 0.717) is 55.0 Å². The maximum atomic E-state index is 14.2. The summed E-state index contributed by atoms with van der Waals surface area (Å²) in [5, 5.41) is 0.848. The van der Waals surface area contributed by atoms with Crippen LogP contribution < -0.4 is 0 Å². The molecule has 1 unspecified atom stereocenters. The summed E-state index contributed by atoms with van der Waals surface area (Å²) in [6.07, 6.45) is -5.17. The molecule has 0 N–H and O–H groups in total. The zero-order chi connectivity index (χ0) is 26.9. The van der Waals surface area contributed by atoms with Crippen molar-refractivity contribution < 1.29 is 27.1 Å². The Morgan fingerprint density at radius 2 is 1.78 bits per heavy atom. The number of ketones is 1. The summed E-state index contributed by atoms with van der Waals surface area (Å²) in [7, 11) is 1.85. The van der Waals surface area contributed by atoms with Gasteiger partial charge in [0.05, 0.1) is 28.8 Å². The van der Waals surface area contributed by atoms with Gasteiger partial charge in [-0.2, -0.15) is 13.2 Å². The van der Waals surface area contributed by atoms with Crippen LogP contribution in [0.2, 0.25) is 10.0 Å². The van der Waals surface area contributed by atoms with Gasteiger partial charge in [0.15, 0.2) is 5.78 Å². The first kappa shape index (κ1) is 28.3. The lowest BCUT2D eigenvalue weighted by atomic mass is 9.93. The molecule has 202 valence electrons. The highest BCUT2D eigenvalue weighted by Crippen LogP contribution is 2.37. The molecule has 0 aromatic heterocycles. The smallest absolute Gasteiger partial charge is 0.379 e. The van der Waals surface area contributed by atoms with Crippen molar-refractivity contribution in [3.05, 3.63) is 69.0 Å². The summed E-state index contributed by atoms with van der Waals surface area (Å²) in [4.78, 5) is 19.0. The third-order valence-electron chi connectivity index (χ3n) is 7.13. The largest absolute Gasteiger partial charge is 0.419 e. The molecular weight excluding hydrogens is 533 g/mol. The third kappa shape index (κ3) is 6.46. The fourth-order valence-electron chi connectivity index (χ4n) is 5.39. The molecule has 0 bridgehead atoms. The van der Waals surface area contributed by atoms with E-state index < -0.39 is 23.7 Å². The average Bonchev–Trinajstić information content (AvgIpc) is 3.25. The van der Waals surface area contributed by atoms with Crippen LogP contribution in [-0.4, -0.2) is 79.1 Å². The van der Waals surface area contributed by atoms with Gasteiger partial charge < -0.3 is 4.74 Å². The van der Waals surface area contributed by atoms with Gasteiger partial charge in [-0.25, -0.2) is 4.39 Å². The number of carbonyl (C=O) groups is 1. The number of benzene rings is 2. The number of likely N-dealkylation sites (N-methyl/N-ethyl adjacent to an activating group) is 1. The van der Waals surface area contributed by atoms with Crippen molar-refractivity contribution in [2.75, 3.05) is 46.4 Å². The molecule has 4 rings (SSSR count). The first-order chi connectivity index (χ1) is 17.5. The van der Waals surface area contributed by atoms with Crippen LogP contribution in [0.4, 0.5) is 17.6 Å². The van der Waals surface area contributed by atoms with Gasteiger partial charge in [0.25, 0.3) is 0 Å². The number of hydrogen-bond acceptors (Lipinski definition) is 5. The van der Waals surface area contributed by atoms with E-state index in [1.165, 1.54) is 6.07 Å². The predicted molar refractivity (Wildman–Crippen MR) is 134 cm³/mol. The first-order valence-electron chi connectivity index (χ1n) is 12.0. The van der Waals surface area contributed by atoms with Gasteiger partial charge in [0.2, 0.25) is 0 Å².